The van der Waals surface area contributed by atoms with Crippen molar-refractivity contribution >= 4 is 22.4 Å². The summed E-state index contributed by atoms with van der Waals surface area (Å²) >= 11 is 1.54. The van der Waals surface area contributed by atoms with Gasteiger partial charge in [-0.15, -0.1) is 0 Å². The zero-order chi connectivity index (χ0) is 10.4. The largest absolute Gasteiger partial charge is 0.383 e. The van der Waals surface area contributed by atoms with E-state index in [9.17, 15) is 0 Å². The molecule has 82 valence electrons. The second kappa shape index (κ2) is 3.37. The van der Waals surface area contributed by atoms with Crippen LogP contribution in [0.5, 0.6) is 0 Å². The van der Waals surface area contributed by atoms with Crippen LogP contribution in [-0.4, -0.2) is 10.4 Å². The van der Waals surface area contributed by atoms with Gasteiger partial charge >= 0.3 is 0 Å². The van der Waals surface area contributed by atoms with Gasteiger partial charge in [-0.1, -0.05) is 6.92 Å². The Labute approximate surface area is 94.2 Å². The third kappa shape index (κ3) is 1.71. The van der Waals surface area contributed by atoms with Crippen molar-refractivity contribution in [3.8, 4) is 0 Å². The molecule has 1 aromatic rings. The van der Waals surface area contributed by atoms with E-state index in [0.29, 0.717) is 12.0 Å². The summed E-state index contributed by atoms with van der Waals surface area (Å²) in [5.41, 5.74) is 7.21. The predicted molar refractivity (Wildman–Crippen MR) is 64.3 cm³/mol. The number of nitrogen functional groups attached to an aromatic ring is 1. The van der Waals surface area contributed by atoms with Gasteiger partial charge in [-0.05, 0) is 49.1 Å². The van der Waals surface area contributed by atoms with Crippen LogP contribution in [0.25, 0.3) is 0 Å². The van der Waals surface area contributed by atoms with Crippen LogP contribution in [0, 0.1) is 5.92 Å². The average molecular weight is 223 g/mol. The average Bonchev–Trinajstić information content (AvgIpc) is 2.91. The summed E-state index contributed by atoms with van der Waals surface area (Å²) in [7, 11) is 0. The van der Waals surface area contributed by atoms with E-state index in [0.717, 1.165) is 11.7 Å². The van der Waals surface area contributed by atoms with Crippen LogP contribution >= 0.6 is 11.5 Å². The molecule has 0 amide bonds. The molecule has 0 spiro atoms. The van der Waals surface area contributed by atoms with Crippen molar-refractivity contribution in [3.63, 3.8) is 0 Å². The molecule has 0 bridgehead atoms. The second-order valence-corrected chi connectivity index (χ2v) is 5.78. The summed E-state index contributed by atoms with van der Waals surface area (Å²) in [6.07, 6.45) is 5.17. The monoisotopic (exact) mass is 223 g/mol. The number of nitrogens with two attached hydrogens (primary N) is 1. The standard InChI is InChI=1S/C11H17N3S/c1-6-4-8(5-6)13-11-9(7-2-3-7)10(12)14-15-11/h6-8,13H,2-5H2,1H3,(H2,12,14). The van der Waals surface area contributed by atoms with Crippen LogP contribution < -0.4 is 11.1 Å². The van der Waals surface area contributed by atoms with E-state index < -0.39 is 0 Å². The van der Waals surface area contributed by atoms with Crippen LogP contribution in [0.15, 0.2) is 0 Å². The van der Waals surface area contributed by atoms with Crippen molar-refractivity contribution in [1.29, 1.82) is 0 Å². The van der Waals surface area contributed by atoms with E-state index in [-0.39, 0.29) is 0 Å². The van der Waals surface area contributed by atoms with Crippen molar-refractivity contribution in [1.82, 2.24) is 4.37 Å². The Morgan fingerprint density at radius 1 is 1.40 bits per heavy atom. The Hall–Kier alpha value is -0.770. The van der Waals surface area contributed by atoms with E-state index in [1.165, 1.54) is 47.8 Å². The lowest BCUT2D eigenvalue weighted by atomic mass is 9.82. The Morgan fingerprint density at radius 2 is 2.13 bits per heavy atom. The Balaban J connectivity index is 1.73. The molecule has 2 aliphatic rings. The minimum absolute atomic E-state index is 0.664. The number of aromatic nitrogens is 1. The molecular weight excluding hydrogens is 206 g/mol. The lowest BCUT2D eigenvalue weighted by molar-refractivity contribution is 0.309. The minimum atomic E-state index is 0.664. The quantitative estimate of drug-likeness (QED) is 0.828. The lowest BCUT2D eigenvalue weighted by Crippen LogP contribution is -2.33. The number of nitrogens with one attached hydrogen (secondary N) is 1. The maximum absolute atomic E-state index is 5.90. The van der Waals surface area contributed by atoms with Crippen molar-refractivity contribution in [2.24, 2.45) is 5.92 Å². The summed E-state index contributed by atoms with van der Waals surface area (Å²) in [6, 6.07) is 0.664. The van der Waals surface area contributed by atoms with E-state index in [1.54, 1.807) is 0 Å². The van der Waals surface area contributed by atoms with Crippen molar-refractivity contribution in [2.45, 2.75) is 44.6 Å². The molecule has 15 heavy (non-hydrogen) atoms. The zero-order valence-corrected chi connectivity index (χ0v) is 9.81. The highest BCUT2D eigenvalue weighted by molar-refractivity contribution is 7.10. The number of hydrogen-bond acceptors (Lipinski definition) is 4. The van der Waals surface area contributed by atoms with Crippen molar-refractivity contribution < 1.29 is 0 Å². The number of nitrogens with zero attached hydrogens (tertiary/aromatic N) is 1. The Bertz CT molecular complexity index is 364. The first-order valence-electron chi connectivity index (χ1n) is 5.75. The Kier molecular flexibility index (Phi) is 2.12. The highest BCUT2D eigenvalue weighted by atomic mass is 32.1. The van der Waals surface area contributed by atoms with Gasteiger partial charge in [0.1, 0.15) is 10.8 Å². The molecule has 0 unspecified atom stereocenters. The molecule has 3 N–H and O–H groups in total. The fourth-order valence-corrected chi connectivity index (χ4v) is 3.26. The first-order chi connectivity index (χ1) is 7.24. The first-order valence-corrected chi connectivity index (χ1v) is 6.53. The molecule has 0 aliphatic heterocycles. The summed E-state index contributed by atoms with van der Waals surface area (Å²) in [5, 5.41) is 4.84. The normalized spacial score (nSPS) is 29.9. The van der Waals surface area contributed by atoms with E-state index in [4.69, 9.17) is 5.73 Å². The molecular formula is C11H17N3S. The maximum atomic E-state index is 5.90. The van der Waals surface area contributed by atoms with Gasteiger partial charge < -0.3 is 11.1 Å². The van der Waals surface area contributed by atoms with Crippen LogP contribution in [0.1, 0.15) is 44.1 Å². The van der Waals surface area contributed by atoms with Crippen LogP contribution in [-0.2, 0) is 0 Å². The topological polar surface area (TPSA) is 50.9 Å². The van der Waals surface area contributed by atoms with Crippen LogP contribution in [0.2, 0.25) is 0 Å². The van der Waals surface area contributed by atoms with Gasteiger partial charge in [0.05, 0.1) is 0 Å². The molecule has 0 atom stereocenters. The molecule has 2 aliphatic carbocycles. The maximum Gasteiger partial charge on any atom is 0.142 e. The van der Waals surface area contributed by atoms with Gasteiger partial charge in [-0.2, -0.15) is 4.37 Å². The van der Waals surface area contributed by atoms with E-state index in [2.05, 4.69) is 16.6 Å². The van der Waals surface area contributed by atoms with E-state index >= 15 is 0 Å². The third-order valence-electron chi connectivity index (χ3n) is 3.45. The molecule has 4 heteroatoms. The molecule has 0 radical (unpaired) electrons. The highest BCUT2D eigenvalue weighted by Crippen LogP contribution is 2.48. The highest BCUT2D eigenvalue weighted by Gasteiger charge is 2.32. The molecule has 2 saturated carbocycles. The summed E-state index contributed by atoms with van der Waals surface area (Å²) in [5.74, 6) is 2.35. The molecule has 0 aromatic carbocycles. The summed E-state index contributed by atoms with van der Waals surface area (Å²) in [6.45, 7) is 2.31. The van der Waals surface area contributed by atoms with Crippen LogP contribution in [0.3, 0.4) is 0 Å². The summed E-state index contributed by atoms with van der Waals surface area (Å²) in [4.78, 5) is 0. The zero-order valence-electron chi connectivity index (χ0n) is 8.99. The molecule has 1 heterocycles. The predicted octanol–water partition coefficient (Wildman–Crippen LogP) is 2.81. The number of anilines is 2. The Morgan fingerprint density at radius 3 is 2.73 bits per heavy atom. The molecule has 1 aromatic heterocycles. The smallest absolute Gasteiger partial charge is 0.142 e. The molecule has 0 saturated heterocycles. The lowest BCUT2D eigenvalue weighted by Gasteiger charge is -2.33. The molecule has 3 nitrogen and oxygen atoms in total. The third-order valence-corrected chi connectivity index (χ3v) is 4.26. The minimum Gasteiger partial charge on any atom is -0.383 e. The van der Waals surface area contributed by atoms with Crippen molar-refractivity contribution in [3.05, 3.63) is 5.56 Å². The van der Waals surface area contributed by atoms with Gasteiger partial charge in [0.2, 0.25) is 0 Å². The summed E-state index contributed by atoms with van der Waals surface area (Å²) < 4.78 is 4.27. The molecule has 3 rings (SSSR count). The van der Waals surface area contributed by atoms with Gasteiger partial charge in [0, 0.05) is 11.6 Å². The fraction of sp³-hybridized carbons (Fsp3) is 0.727. The number of hydrogen-bond donors (Lipinski definition) is 2. The van der Waals surface area contributed by atoms with E-state index in [1.807, 2.05) is 0 Å². The van der Waals surface area contributed by atoms with Gasteiger partial charge in [0.25, 0.3) is 0 Å². The van der Waals surface area contributed by atoms with Crippen LogP contribution in [0.4, 0.5) is 10.8 Å². The van der Waals surface area contributed by atoms with Gasteiger partial charge in [-0.3, -0.25) is 0 Å². The fourth-order valence-electron chi connectivity index (χ4n) is 2.39. The molecule has 2 fully saturated rings. The van der Waals surface area contributed by atoms with Gasteiger partial charge in [-0.25, -0.2) is 0 Å². The van der Waals surface area contributed by atoms with Gasteiger partial charge in [0.15, 0.2) is 0 Å². The first kappa shape index (κ1) is 9.46. The SMILES string of the molecule is CC1CC(Nc2snc(N)c2C2CC2)C1. The van der Waals surface area contributed by atoms with Crippen molar-refractivity contribution in [2.75, 3.05) is 11.1 Å². The second-order valence-electron chi connectivity index (χ2n) is 5.00. The number of rotatable bonds is 3.